The molecular weight excluding hydrogens is 1800 g/mol. The Morgan fingerprint density at radius 3 is 0.837 bits per heavy atom. The van der Waals surface area contributed by atoms with Gasteiger partial charge in [-0.05, 0) is 230 Å². The van der Waals surface area contributed by atoms with Crippen molar-refractivity contribution in [2.75, 3.05) is 32.7 Å². The van der Waals surface area contributed by atoms with Crippen molar-refractivity contribution < 1.29 is 159 Å². The van der Waals surface area contributed by atoms with E-state index in [0.717, 1.165) is 17.4 Å². The number of ether oxygens (including phenoxy) is 13. The van der Waals surface area contributed by atoms with Gasteiger partial charge >= 0.3 is 77.9 Å². The van der Waals surface area contributed by atoms with E-state index in [2.05, 4.69) is 31.3 Å². The molecule has 0 saturated carbocycles. The number of carboxylic acid groups (broad SMARTS) is 1. The zero-order valence-corrected chi connectivity index (χ0v) is 78.0. The average Bonchev–Trinajstić information content (AvgIpc) is 0.899. The molecule has 0 spiro atoms. The lowest BCUT2D eigenvalue weighted by Gasteiger charge is -2.19. The van der Waals surface area contributed by atoms with Crippen LogP contribution in [0.5, 0.6) is 40.2 Å². The van der Waals surface area contributed by atoms with Gasteiger partial charge in [-0.3, -0.25) is 58.6 Å². The first-order chi connectivity index (χ1) is 62.5. The normalized spacial score (nSPS) is 10.4. The van der Waals surface area contributed by atoms with E-state index in [-0.39, 0.29) is 133 Å². The third kappa shape index (κ3) is 65.0. The Bertz CT molecular complexity index is 4940. The second-order valence-corrected chi connectivity index (χ2v) is 32.2. The van der Waals surface area contributed by atoms with E-state index in [1.54, 1.807) is 189 Å². The number of aldehydes is 2. The van der Waals surface area contributed by atoms with Crippen molar-refractivity contribution in [2.24, 2.45) is 0 Å². The van der Waals surface area contributed by atoms with Crippen molar-refractivity contribution in [3.8, 4) is 40.2 Å². The third-order valence-corrected chi connectivity index (χ3v) is 14.3. The molecule has 5 amide bonds. The van der Waals surface area contributed by atoms with Gasteiger partial charge in [0.15, 0.2) is 0 Å². The standard InChI is InChI=1S/C22H24N2O9.C17H23NO6.C15H21NO5.C15H19NO5.C8H15NO4.C7H4ClNO4.C7H6O2.B/c1-22(2,3)33-20(26)23-13-12-19(25)31-17-8-4-15(5-9-17)14-30-21(27)32-18-10-6-16(7-11-18)24(28)29;1-12(19)22-11-13-5-7-14(8-6-13)23-15(20)9-10-18-16(21)24-17(2,3)4;2*1-15(2,3)21-14(19)16-9-8-13(18)20-12-6-4-11(10-17)5-7-12;1-8(2,3)13-7(12)9-5-4-6(10)11;8-7(10)13-6-3-1-5(2-4-6)9(11)12;8-5-6-1-3-7(9)4-2-6;/h4-11H,12-14H2,1-3H3,(H,23,26);5-8H,9-11H2,1-4H3,(H,18,21);4-7,17H,8-10H2,1-3H3,(H,16,19);4-7,10H,8-9H2,1-3H3,(H,16,19);4-5H2,1-3H3,(H,9,12)(H,10,11);1-4H;1-5,9H;. The molecule has 44 heteroatoms. The van der Waals surface area contributed by atoms with Gasteiger partial charge in [0.2, 0.25) is 0 Å². The molecule has 8 N–H and O–H groups in total. The van der Waals surface area contributed by atoms with Crippen LogP contribution in [0.3, 0.4) is 0 Å². The maximum Gasteiger partial charge on any atom is 0.514 e. The largest absolute Gasteiger partial charge is 0.514 e. The van der Waals surface area contributed by atoms with E-state index in [0.29, 0.717) is 40.2 Å². The number of nitrogens with one attached hydrogen (secondary N) is 5. The number of benzene rings is 7. The van der Waals surface area contributed by atoms with Crippen LogP contribution in [-0.2, 0) is 81.7 Å². The number of hydrogen-bond donors (Lipinski definition) is 8. The molecular formula is C91H112BClN7O35. The fourth-order valence-corrected chi connectivity index (χ4v) is 8.68. The number of nitro benzene ring substituents is 2. The fraction of sp³-hybridized carbons (Fsp3) is 0.374. The van der Waals surface area contributed by atoms with Crippen molar-refractivity contribution in [1.82, 2.24) is 26.6 Å². The summed E-state index contributed by atoms with van der Waals surface area (Å²) in [5, 5.41) is 58.9. The molecule has 0 fully saturated rings. The van der Waals surface area contributed by atoms with Crippen LogP contribution in [0.25, 0.3) is 0 Å². The SMILES string of the molecule is CC(=O)OCc1ccc(OC(=O)CCNC(=O)OC(C)(C)C)cc1.CC(C)(C)OC(=O)NCCC(=O)O.CC(C)(C)OC(=O)NCCC(=O)Oc1ccc(C=O)cc1.CC(C)(C)OC(=O)NCCC(=O)Oc1ccc(CO)cc1.CC(C)(C)OC(=O)NCCC(=O)Oc1ccc(COC(=O)Oc2ccc([N+](=O)[O-])cc2)cc1.O=C(Cl)Oc1ccc([N+](=O)[O-])cc1.O=Cc1ccc(O)cc1.[B]. The first-order valence-electron chi connectivity index (χ1n) is 40.4. The molecule has 0 heterocycles. The van der Waals surface area contributed by atoms with Crippen molar-refractivity contribution in [2.45, 2.75) is 191 Å². The van der Waals surface area contributed by atoms with E-state index in [1.807, 2.05) is 0 Å². The predicted octanol–water partition coefficient (Wildman–Crippen LogP) is 15.2. The van der Waals surface area contributed by atoms with E-state index in [9.17, 15) is 92.1 Å². The highest BCUT2D eigenvalue weighted by molar-refractivity contribution is 6.61. The van der Waals surface area contributed by atoms with E-state index >= 15 is 0 Å². The molecule has 3 radical (unpaired) electrons. The number of phenolic OH excluding ortho intramolecular Hbond substituents is 1. The summed E-state index contributed by atoms with van der Waals surface area (Å²) in [5.74, 6) is -1.39. The molecule has 135 heavy (non-hydrogen) atoms. The molecule has 0 aromatic heterocycles. The number of carboxylic acids is 1. The molecule has 7 aromatic rings. The Balaban J connectivity index is 0.00000160. The number of halogens is 1. The summed E-state index contributed by atoms with van der Waals surface area (Å²) < 4.78 is 64.7. The first kappa shape index (κ1) is 120. The number of carbonyl (C=O) groups excluding carboxylic acids is 14. The molecule has 0 aliphatic heterocycles. The van der Waals surface area contributed by atoms with E-state index < -0.39 is 110 Å². The summed E-state index contributed by atoms with van der Waals surface area (Å²) in [5.41, 5.74) is -0.874. The zero-order chi connectivity index (χ0) is 101. The molecule has 0 bridgehead atoms. The van der Waals surface area contributed by atoms with Gasteiger partial charge in [-0.15, -0.1) is 0 Å². The molecule has 7 aromatic carbocycles. The lowest BCUT2D eigenvalue weighted by molar-refractivity contribution is -0.385. The molecule has 0 aliphatic carbocycles. The van der Waals surface area contributed by atoms with Gasteiger partial charge in [0.1, 0.15) is 94.0 Å². The van der Waals surface area contributed by atoms with Crippen molar-refractivity contribution in [3.05, 3.63) is 218 Å². The summed E-state index contributed by atoms with van der Waals surface area (Å²) in [7, 11) is 0. The van der Waals surface area contributed by atoms with E-state index in [4.69, 9.17) is 83.8 Å². The van der Waals surface area contributed by atoms with Crippen LogP contribution in [0.2, 0.25) is 0 Å². The first-order valence-corrected chi connectivity index (χ1v) is 40.8. The van der Waals surface area contributed by atoms with Crippen LogP contribution in [0.15, 0.2) is 170 Å². The van der Waals surface area contributed by atoms with Gasteiger partial charge < -0.3 is 103 Å². The Hall–Kier alpha value is -15.3. The minimum atomic E-state index is -0.978. The van der Waals surface area contributed by atoms with Crippen LogP contribution in [-0.4, -0.2) is 185 Å². The lowest BCUT2D eigenvalue weighted by Crippen LogP contribution is -2.34. The van der Waals surface area contributed by atoms with Crippen LogP contribution < -0.4 is 55.0 Å². The number of aromatic hydroxyl groups is 1. The predicted molar refractivity (Wildman–Crippen MR) is 485 cm³/mol. The van der Waals surface area contributed by atoms with Crippen molar-refractivity contribution in [1.29, 1.82) is 0 Å². The second-order valence-electron chi connectivity index (χ2n) is 31.9. The summed E-state index contributed by atoms with van der Waals surface area (Å²) in [6, 6.07) is 41.6. The summed E-state index contributed by atoms with van der Waals surface area (Å²) in [4.78, 5) is 186. The lowest BCUT2D eigenvalue weighted by atomic mass is 10.2. The summed E-state index contributed by atoms with van der Waals surface area (Å²) >= 11 is 4.92. The van der Waals surface area contributed by atoms with Gasteiger partial charge in [-0.1, -0.05) is 36.4 Å². The number of aliphatic hydroxyl groups is 1. The van der Waals surface area contributed by atoms with Crippen LogP contribution in [0.4, 0.5) is 44.9 Å². The van der Waals surface area contributed by atoms with Crippen molar-refractivity contribution >= 4 is 122 Å². The Morgan fingerprint density at radius 1 is 0.356 bits per heavy atom. The highest BCUT2D eigenvalue weighted by atomic mass is 35.5. The number of nitrogens with zero attached hydrogens (tertiary/aromatic N) is 2. The Kier molecular flexibility index (Phi) is 55.1. The fourth-order valence-electron chi connectivity index (χ4n) is 8.59. The van der Waals surface area contributed by atoms with Gasteiger partial charge in [0.25, 0.3) is 11.4 Å². The maximum absolute atomic E-state index is 11.9. The number of aliphatic hydroxyl groups excluding tert-OH is 1. The van der Waals surface area contributed by atoms with Crippen LogP contribution in [0.1, 0.15) is 180 Å². The van der Waals surface area contributed by atoms with Gasteiger partial charge in [0.05, 0.1) is 48.6 Å². The molecule has 7 rings (SSSR count). The molecule has 42 nitrogen and oxygen atoms in total. The number of phenols is 1. The summed E-state index contributed by atoms with van der Waals surface area (Å²) in [6.07, 6.45) is -2.52. The van der Waals surface area contributed by atoms with Gasteiger partial charge in [-0.2, -0.15) is 0 Å². The minimum Gasteiger partial charge on any atom is -0.508 e. The second kappa shape index (κ2) is 62.1. The zero-order valence-electron chi connectivity index (χ0n) is 77.3. The molecule has 0 saturated heterocycles. The van der Waals surface area contributed by atoms with Gasteiger partial charge in [-0.25, -0.2) is 33.6 Å². The van der Waals surface area contributed by atoms with Crippen LogP contribution >= 0.6 is 11.6 Å². The number of aliphatic carboxylic acids is 1. The van der Waals surface area contributed by atoms with Gasteiger partial charge in [0, 0.05) is 95.1 Å². The van der Waals surface area contributed by atoms with Crippen LogP contribution in [0, 0.1) is 20.2 Å². The highest BCUT2D eigenvalue weighted by Gasteiger charge is 2.22. The van der Waals surface area contributed by atoms with Crippen molar-refractivity contribution in [3.63, 3.8) is 0 Å². The Morgan fingerprint density at radius 2 is 0.593 bits per heavy atom. The third-order valence-electron chi connectivity index (χ3n) is 14.2. The number of carbonyl (C=O) groups is 15. The topological polar surface area (TPSA) is 583 Å². The quantitative estimate of drug-likeness (QED) is 0.00239. The molecule has 0 atom stereocenters. The number of esters is 5. The number of alkyl carbamates (subject to hydrolysis) is 5. The number of nitro groups is 2. The Labute approximate surface area is 785 Å². The highest BCUT2D eigenvalue weighted by Crippen LogP contribution is 2.23. The minimum absolute atomic E-state index is 0. The number of non-ortho nitro benzene ring substituents is 2. The number of rotatable bonds is 30. The average molecular weight is 1910 g/mol. The molecule has 731 valence electrons. The van der Waals surface area contributed by atoms with E-state index in [1.165, 1.54) is 91.9 Å². The molecule has 0 aliphatic rings. The number of hydrogen-bond acceptors (Lipinski definition) is 34. The number of amides is 5. The monoisotopic (exact) mass is 1910 g/mol. The maximum atomic E-state index is 11.9. The molecule has 0 unspecified atom stereocenters. The smallest absolute Gasteiger partial charge is 0.508 e. The summed E-state index contributed by atoms with van der Waals surface area (Å²) in [6.45, 7) is 28.1.